The second-order valence-corrected chi connectivity index (χ2v) is 7.81. The van der Waals surface area contributed by atoms with Gasteiger partial charge in [-0.15, -0.1) is 0 Å². The van der Waals surface area contributed by atoms with Gasteiger partial charge in [0.15, 0.2) is 5.65 Å². The van der Waals surface area contributed by atoms with Gasteiger partial charge < -0.3 is 10.2 Å². The third-order valence-corrected chi connectivity index (χ3v) is 5.57. The minimum absolute atomic E-state index is 0.296. The van der Waals surface area contributed by atoms with Gasteiger partial charge in [-0.2, -0.15) is 15.1 Å². The van der Waals surface area contributed by atoms with Gasteiger partial charge in [0, 0.05) is 18.8 Å². The zero-order chi connectivity index (χ0) is 20.5. The van der Waals surface area contributed by atoms with Crippen molar-refractivity contribution >= 4 is 28.5 Å². The molecule has 5 rings (SSSR count). The van der Waals surface area contributed by atoms with E-state index in [0.29, 0.717) is 23.4 Å². The number of hydrogen-bond acceptors (Lipinski definition) is 5. The monoisotopic (exact) mass is 402 g/mol. The third kappa shape index (κ3) is 3.58. The Labute approximate surface area is 174 Å². The quantitative estimate of drug-likeness (QED) is 0.524. The highest BCUT2D eigenvalue weighted by Gasteiger charge is 2.21. The Morgan fingerprint density at radius 1 is 1.00 bits per heavy atom. The first-order valence-electron chi connectivity index (χ1n) is 10.3. The van der Waals surface area contributed by atoms with Crippen LogP contribution in [0.25, 0.3) is 16.7 Å². The number of benzene rings is 2. The molecule has 0 spiro atoms. The molecule has 30 heavy (non-hydrogen) atoms. The van der Waals surface area contributed by atoms with Gasteiger partial charge >= 0.3 is 0 Å². The van der Waals surface area contributed by atoms with Crippen LogP contribution in [-0.2, 0) is 0 Å². The standard InChI is InChI=1S/C23H23FN6/c1-16-10-12-29(13-11-16)23-27-21(26-18-7-5-6-17(24)14-18)20-15-25-30(22(20)28-23)19-8-3-2-4-9-19/h2-9,14-16H,10-13H2,1H3,(H,26,27,28). The molecular formula is C23H23FN6. The molecule has 7 heteroatoms. The summed E-state index contributed by atoms with van der Waals surface area (Å²) in [5.74, 6) is 1.72. The Hall–Kier alpha value is -3.48. The molecule has 1 fully saturated rings. The normalized spacial score (nSPS) is 14.9. The number of nitrogens with one attached hydrogen (secondary N) is 1. The number of rotatable bonds is 4. The summed E-state index contributed by atoms with van der Waals surface area (Å²) < 4.78 is 15.5. The predicted octanol–water partition coefficient (Wildman–Crippen LogP) is 4.93. The lowest BCUT2D eigenvalue weighted by atomic mass is 10.00. The molecule has 0 aliphatic carbocycles. The van der Waals surface area contributed by atoms with E-state index in [1.807, 2.05) is 41.1 Å². The zero-order valence-electron chi connectivity index (χ0n) is 16.8. The smallest absolute Gasteiger partial charge is 0.229 e. The second-order valence-electron chi connectivity index (χ2n) is 7.81. The van der Waals surface area contributed by atoms with Crippen molar-refractivity contribution in [3.63, 3.8) is 0 Å². The van der Waals surface area contributed by atoms with Crippen LogP contribution in [0.1, 0.15) is 19.8 Å². The van der Waals surface area contributed by atoms with E-state index in [1.54, 1.807) is 12.3 Å². The van der Waals surface area contributed by atoms with Gasteiger partial charge in [-0.3, -0.25) is 0 Å². The minimum Gasteiger partial charge on any atom is -0.341 e. The maximum absolute atomic E-state index is 13.7. The molecule has 0 saturated carbocycles. The number of aromatic nitrogens is 4. The summed E-state index contributed by atoms with van der Waals surface area (Å²) in [5, 5.41) is 8.62. The number of fused-ring (bicyclic) bond motifs is 1. The molecule has 152 valence electrons. The Morgan fingerprint density at radius 3 is 2.57 bits per heavy atom. The summed E-state index contributed by atoms with van der Waals surface area (Å²) in [6.45, 7) is 4.12. The molecule has 0 unspecified atom stereocenters. The van der Waals surface area contributed by atoms with Gasteiger partial charge in [0.1, 0.15) is 11.6 Å². The Morgan fingerprint density at radius 2 is 1.80 bits per heavy atom. The first kappa shape index (κ1) is 18.5. The molecule has 0 atom stereocenters. The molecule has 0 radical (unpaired) electrons. The lowest BCUT2D eigenvalue weighted by molar-refractivity contribution is 0.434. The highest BCUT2D eigenvalue weighted by atomic mass is 19.1. The Bertz CT molecular complexity index is 1170. The maximum atomic E-state index is 13.7. The summed E-state index contributed by atoms with van der Waals surface area (Å²) in [4.78, 5) is 11.9. The number of anilines is 3. The van der Waals surface area contributed by atoms with Crippen LogP contribution in [0.4, 0.5) is 21.8 Å². The van der Waals surface area contributed by atoms with Crippen LogP contribution in [0.5, 0.6) is 0 Å². The third-order valence-electron chi connectivity index (χ3n) is 5.57. The SMILES string of the molecule is CC1CCN(c2nc(Nc3cccc(F)c3)c3cnn(-c4ccccc4)c3n2)CC1. The zero-order valence-corrected chi connectivity index (χ0v) is 16.8. The summed E-state index contributed by atoms with van der Waals surface area (Å²) in [7, 11) is 0. The van der Waals surface area contributed by atoms with Gasteiger partial charge in [0.05, 0.1) is 17.3 Å². The molecule has 1 aliphatic rings. The topological polar surface area (TPSA) is 58.9 Å². The molecule has 2 aromatic carbocycles. The largest absolute Gasteiger partial charge is 0.341 e. The molecular weight excluding hydrogens is 379 g/mol. The van der Waals surface area contributed by atoms with Crippen LogP contribution in [0.2, 0.25) is 0 Å². The number of nitrogens with zero attached hydrogens (tertiary/aromatic N) is 5. The van der Waals surface area contributed by atoms with Gasteiger partial charge in [-0.25, -0.2) is 9.07 Å². The van der Waals surface area contributed by atoms with E-state index < -0.39 is 0 Å². The summed E-state index contributed by atoms with van der Waals surface area (Å²) in [6.07, 6.45) is 3.99. The van der Waals surface area contributed by atoms with E-state index in [0.717, 1.165) is 42.7 Å². The fourth-order valence-electron chi connectivity index (χ4n) is 3.80. The van der Waals surface area contributed by atoms with E-state index in [1.165, 1.54) is 12.1 Å². The highest BCUT2D eigenvalue weighted by Crippen LogP contribution is 2.29. The minimum atomic E-state index is -0.296. The molecule has 2 aromatic heterocycles. The van der Waals surface area contributed by atoms with Crippen molar-refractivity contribution in [1.82, 2.24) is 19.7 Å². The fraction of sp³-hybridized carbons (Fsp3) is 0.261. The fourth-order valence-corrected chi connectivity index (χ4v) is 3.80. The molecule has 0 bridgehead atoms. The van der Waals surface area contributed by atoms with Crippen LogP contribution in [0.15, 0.2) is 60.8 Å². The maximum Gasteiger partial charge on any atom is 0.229 e. The van der Waals surface area contributed by atoms with Crippen molar-refractivity contribution in [3.8, 4) is 5.69 Å². The summed E-state index contributed by atoms with van der Waals surface area (Å²) in [5.41, 5.74) is 2.30. The van der Waals surface area contributed by atoms with Crippen LogP contribution in [0.3, 0.4) is 0 Å². The summed E-state index contributed by atoms with van der Waals surface area (Å²) >= 11 is 0. The Balaban J connectivity index is 1.62. The first-order chi connectivity index (χ1) is 14.7. The average molecular weight is 402 g/mol. The number of piperidine rings is 1. The number of halogens is 1. The van der Waals surface area contributed by atoms with Crippen molar-refractivity contribution in [3.05, 3.63) is 66.6 Å². The van der Waals surface area contributed by atoms with Crippen molar-refractivity contribution in [2.75, 3.05) is 23.3 Å². The second kappa shape index (κ2) is 7.74. The van der Waals surface area contributed by atoms with Crippen molar-refractivity contribution < 1.29 is 4.39 Å². The van der Waals surface area contributed by atoms with Crippen molar-refractivity contribution in [2.45, 2.75) is 19.8 Å². The number of para-hydroxylation sites is 1. The van der Waals surface area contributed by atoms with E-state index in [2.05, 4.69) is 22.2 Å². The van der Waals surface area contributed by atoms with Gasteiger partial charge in [-0.1, -0.05) is 31.2 Å². The molecule has 4 aromatic rings. The lowest BCUT2D eigenvalue weighted by Gasteiger charge is -2.30. The van der Waals surface area contributed by atoms with Crippen LogP contribution in [0, 0.1) is 11.7 Å². The summed E-state index contributed by atoms with van der Waals surface area (Å²) in [6, 6.07) is 16.3. The van der Waals surface area contributed by atoms with Gasteiger partial charge in [0.2, 0.25) is 5.95 Å². The van der Waals surface area contributed by atoms with Gasteiger partial charge in [-0.05, 0) is 49.1 Å². The van der Waals surface area contributed by atoms with E-state index in [9.17, 15) is 4.39 Å². The molecule has 1 saturated heterocycles. The van der Waals surface area contributed by atoms with Crippen molar-refractivity contribution in [1.29, 1.82) is 0 Å². The lowest BCUT2D eigenvalue weighted by Crippen LogP contribution is -2.34. The van der Waals surface area contributed by atoms with E-state index in [4.69, 9.17) is 9.97 Å². The molecule has 6 nitrogen and oxygen atoms in total. The first-order valence-corrected chi connectivity index (χ1v) is 10.3. The molecule has 1 N–H and O–H groups in total. The van der Waals surface area contributed by atoms with Gasteiger partial charge in [0.25, 0.3) is 0 Å². The molecule has 0 amide bonds. The molecule has 3 heterocycles. The van der Waals surface area contributed by atoms with Crippen LogP contribution >= 0.6 is 0 Å². The van der Waals surface area contributed by atoms with E-state index >= 15 is 0 Å². The molecule has 1 aliphatic heterocycles. The van der Waals surface area contributed by atoms with Crippen LogP contribution in [-0.4, -0.2) is 32.8 Å². The van der Waals surface area contributed by atoms with Crippen molar-refractivity contribution in [2.24, 2.45) is 5.92 Å². The average Bonchev–Trinajstić information content (AvgIpc) is 3.19. The highest BCUT2D eigenvalue weighted by molar-refractivity contribution is 5.90. The van der Waals surface area contributed by atoms with Crippen LogP contribution < -0.4 is 10.2 Å². The predicted molar refractivity (Wildman–Crippen MR) is 117 cm³/mol. The van der Waals surface area contributed by atoms with E-state index in [-0.39, 0.29) is 5.82 Å². The number of hydrogen-bond donors (Lipinski definition) is 1. The Kier molecular flexibility index (Phi) is 4.78.